The van der Waals surface area contributed by atoms with Gasteiger partial charge in [-0.3, -0.25) is 4.79 Å². The van der Waals surface area contributed by atoms with Gasteiger partial charge in [0.1, 0.15) is 16.5 Å². The van der Waals surface area contributed by atoms with Crippen molar-refractivity contribution in [3.63, 3.8) is 0 Å². The Morgan fingerprint density at radius 2 is 1.96 bits per heavy atom. The van der Waals surface area contributed by atoms with E-state index in [2.05, 4.69) is 10.3 Å². The molecule has 0 saturated heterocycles. The van der Waals surface area contributed by atoms with Gasteiger partial charge in [0.15, 0.2) is 0 Å². The maximum Gasteiger partial charge on any atom is 0.275 e. The lowest BCUT2D eigenvalue weighted by atomic mass is 9.90. The van der Waals surface area contributed by atoms with Crippen molar-refractivity contribution in [2.75, 3.05) is 11.9 Å². The van der Waals surface area contributed by atoms with Crippen LogP contribution in [0.2, 0.25) is 0 Å². The van der Waals surface area contributed by atoms with E-state index in [0.29, 0.717) is 18.2 Å². The lowest BCUT2D eigenvalue weighted by Crippen LogP contribution is -2.15. The Bertz CT molecular complexity index is 669. The number of nitrogens with zero attached hydrogens (tertiary/aromatic N) is 1. The van der Waals surface area contributed by atoms with Crippen LogP contribution in [0.4, 0.5) is 5.69 Å². The van der Waals surface area contributed by atoms with E-state index in [1.807, 2.05) is 24.3 Å². The summed E-state index contributed by atoms with van der Waals surface area (Å²) in [6, 6.07) is 7.49. The summed E-state index contributed by atoms with van der Waals surface area (Å²) in [5, 5.41) is 5.31. The van der Waals surface area contributed by atoms with Gasteiger partial charge < -0.3 is 15.8 Å². The fourth-order valence-electron chi connectivity index (χ4n) is 2.91. The third kappa shape index (κ3) is 5.70. The van der Waals surface area contributed by atoms with Gasteiger partial charge in [-0.25, -0.2) is 4.98 Å². The van der Waals surface area contributed by atoms with E-state index >= 15 is 0 Å². The van der Waals surface area contributed by atoms with Gasteiger partial charge in [0.05, 0.1) is 6.61 Å². The Kier molecular flexibility index (Phi) is 7.68. The van der Waals surface area contributed by atoms with Crippen LogP contribution in [0.5, 0.6) is 5.75 Å². The summed E-state index contributed by atoms with van der Waals surface area (Å²) in [5.41, 5.74) is 6.65. The van der Waals surface area contributed by atoms with Crippen molar-refractivity contribution in [2.24, 2.45) is 11.7 Å². The van der Waals surface area contributed by atoms with Crippen LogP contribution in [0.1, 0.15) is 47.6 Å². The molecule has 1 aromatic heterocycles. The number of nitrogens with one attached hydrogen (secondary N) is 1. The maximum atomic E-state index is 12.1. The van der Waals surface area contributed by atoms with E-state index in [4.69, 9.17) is 10.5 Å². The van der Waals surface area contributed by atoms with Crippen LogP contribution < -0.4 is 15.8 Å². The molecule has 3 rings (SSSR count). The van der Waals surface area contributed by atoms with Crippen LogP contribution in [0.15, 0.2) is 29.6 Å². The minimum atomic E-state index is -0.221. The van der Waals surface area contributed by atoms with Crippen molar-refractivity contribution in [3.05, 3.63) is 40.3 Å². The zero-order chi connectivity index (χ0) is 16.8. The average molecular weight is 382 g/mol. The van der Waals surface area contributed by atoms with E-state index in [-0.39, 0.29) is 18.3 Å². The standard InChI is InChI=1S/C18H23N3O2S.ClH/c19-10-17-21-16(12-24-17)18(22)20-14-6-8-15(9-7-14)23-11-13-4-2-1-3-5-13;/h6-9,12-13H,1-5,10-11,19H2,(H,20,22);1H. The van der Waals surface area contributed by atoms with Gasteiger partial charge in [-0.2, -0.15) is 0 Å². The molecule has 1 fully saturated rings. The number of aromatic nitrogens is 1. The highest BCUT2D eigenvalue weighted by molar-refractivity contribution is 7.09. The Labute approximate surface area is 158 Å². The molecular formula is C18H24ClN3O2S. The molecule has 25 heavy (non-hydrogen) atoms. The number of amides is 1. The summed E-state index contributed by atoms with van der Waals surface area (Å²) in [6.07, 6.45) is 6.54. The lowest BCUT2D eigenvalue weighted by Gasteiger charge is -2.21. The summed E-state index contributed by atoms with van der Waals surface area (Å²) in [7, 11) is 0. The first-order valence-electron chi connectivity index (χ1n) is 8.43. The summed E-state index contributed by atoms with van der Waals surface area (Å²) >= 11 is 1.39. The summed E-state index contributed by atoms with van der Waals surface area (Å²) in [5.74, 6) is 1.30. The summed E-state index contributed by atoms with van der Waals surface area (Å²) in [4.78, 5) is 16.3. The first kappa shape index (κ1) is 19.7. The second kappa shape index (κ2) is 9.75. The number of carbonyl (C=O) groups is 1. The van der Waals surface area contributed by atoms with Crippen molar-refractivity contribution in [1.82, 2.24) is 4.98 Å². The molecule has 0 aliphatic heterocycles. The van der Waals surface area contributed by atoms with Gasteiger partial charge in [0, 0.05) is 17.6 Å². The van der Waals surface area contributed by atoms with Crippen LogP contribution in [-0.4, -0.2) is 17.5 Å². The number of hydrogen-bond acceptors (Lipinski definition) is 5. The predicted molar refractivity (Wildman–Crippen MR) is 104 cm³/mol. The molecule has 0 spiro atoms. The number of hydrogen-bond donors (Lipinski definition) is 2. The Hall–Kier alpha value is -1.63. The van der Waals surface area contributed by atoms with Crippen LogP contribution >= 0.6 is 23.7 Å². The highest BCUT2D eigenvalue weighted by Gasteiger charge is 2.14. The molecule has 0 radical (unpaired) electrons. The number of halogens is 1. The number of carbonyl (C=O) groups excluding carboxylic acids is 1. The van der Waals surface area contributed by atoms with Crippen molar-refractivity contribution in [3.8, 4) is 5.75 Å². The monoisotopic (exact) mass is 381 g/mol. The van der Waals surface area contributed by atoms with Gasteiger partial charge in [-0.15, -0.1) is 23.7 Å². The zero-order valence-electron chi connectivity index (χ0n) is 14.1. The molecule has 2 aromatic rings. The molecule has 0 bridgehead atoms. The average Bonchev–Trinajstić information content (AvgIpc) is 3.11. The van der Waals surface area contributed by atoms with E-state index in [9.17, 15) is 4.79 Å². The van der Waals surface area contributed by atoms with Gasteiger partial charge in [-0.05, 0) is 43.0 Å². The number of anilines is 1. The second-order valence-corrected chi connectivity index (χ2v) is 7.07. The van der Waals surface area contributed by atoms with Crippen molar-refractivity contribution >= 4 is 35.3 Å². The first-order chi connectivity index (χ1) is 11.7. The summed E-state index contributed by atoms with van der Waals surface area (Å²) in [6.45, 7) is 1.14. The fourth-order valence-corrected chi connectivity index (χ4v) is 3.56. The lowest BCUT2D eigenvalue weighted by molar-refractivity contribution is 0.102. The Morgan fingerprint density at radius 1 is 1.24 bits per heavy atom. The molecule has 1 aliphatic rings. The van der Waals surface area contributed by atoms with Crippen molar-refractivity contribution in [2.45, 2.75) is 38.6 Å². The molecule has 136 valence electrons. The quantitative estimate of drug-likeness (QED) is 0.784. The van der Waals surface area contributed by atoms with Gasteiger partial charge in [0.25, 0.3) is 5.91 Å². The predicted octanol–water partition coefficient (Wildman–Crippen LogP) is 4.24. The molecule has 5 nitrogen and oxygen atoms in total. The Morgan fingerprint density at radius 3 is 2.60 bits per heavy atom. The zero-order valence-corrected chi connectivity index (χ0v) is 15.7. The normalized spacial score (nSPS) is 14.6. The number of thiazole rings is 1. The minimum Gasteiger partial charge on any atom is -0.493 e. The van der Waals surface area contributed by atoms with Crippen LogP contribution in [-0.2, 0) is 6.54 Å². The molecule has 1 amide bonds. The highest BCUT2D eigenvalue weighted by atomic mass is 35.5. The number of rotatable bonds is 6. The van der Waals surface area contributed by atoms with E-state index in [0.717, 1.165) is 23.1 Å². The van der Waals surface area contributed by atoms with Gasteiger partial charge >= 0.3 is 0 Å². The third-order valence-corrected chi connectivity index (χ3v) is 5.15. The topological polar surface area (TPSA) is 77.2 Å². The van der Waals surface area contributed by atoms with Crippen molar-refractivity contribution in [1.29, 1.82) is 0 Å². The number of benzene rings is 1. The molecule has 1 aliphatic carbocycles. The van der Waals surface area contributed by atoms with Crippen LogP contribution in [0, 0.1) is 5.92 Å². The van der Waals surface area contributed by atoms with Crippen LogP contribution in [0.25, 0.3) is 0 Å². The largest absolute Gasteiger partial charge is 0.493 e. The molecular weight excluding hydrogens is 358 g/mol. The second-order valence-electron chi connectivity index (χ2n) is 6.12. The maximum absolute atomic E-state index is 12.1. The molecule has 7 heteroatoms. The summed E-state index contributed by atoms with van der Waals surface area (Å²) < 4.78 is 5.87. The number of nitrogens with two attached hydrogens (primary N) is 1. The van der Waals surface area contributed by atoms with E-state index in [1.54, 1.807) is 5.38 Å². The smallest absolute Gasteiger partial charge is 0.275 e. The fraction of sp³-hybridized carbons (Fsp3) is 0.444. The molecule has 1 aromatic carbocycles. The SMILES string of the molecule is Cl.NCc1nc(C(=O)Nc2ccc(OCC3CCCCC3)cc2)cs1. The first-order valence-corrected chi connectivity index (χ1v) is 9.31. The molecule has 3 N–H and O–H groups in total. The number of ether oxygens (including phenoxy) is 1. The van der Waals surface area contributed by atoms with E-state index < -0.39 is 0 Å². The minimum absolute atomic E-state index is 0. The van der Waals surface area contributed by atoms with Gasteiger partial charge in [0.2, 0.25) is 0 Å². The molecule has 1 saturated carbocycles. The third-order valence-electron chi connectivity index (χ3n) is 4.28. The molecule has 0 unspecified atom stereocenters. The van der Waals surface area contributed by atoms with E-state index in [1.165, 1.54) is 43.4 Å². The highest BCUT2D eigenvalue weighted by Crippen LogP contribution is 2.25. The van der Waals surface area contributed by atoms with Gasteiger partial charge in [-0.1, -0.05) is 19.3 Å². The van der Waals surface area contributed by atoms with Crippen molar-refractivity contribution < 1.29 is 9.53 Å². The molecule has 1 heterocycles. The molecule has 0 atom stereocenters. The Balaban J connectivity index is 0.00000225. The van der Waals surface area contributed by atoms with Crippen LogP contribution in [0.3, 0.4) is 0 Å².